The molecule has 94 heavy (non-hydrogen) atoms. The molecule has 0 saturated carbocycles. The monoisotopic (exact) mass is 1230 g/mol. The summed E-state index contributed by atoms with van der Waals surface area (Å²) in [5, 5.41) is 2.43. The molecule has 1 aromatic heterocycles. The van der Waals surface area contributed by atoms with Crippen molar-refractivity contribution in [3.8, 4) is 50.2 Å². The van der Waals surface area contributed by atoms with E-state index < -0.39 is 0 Å². The third-order valence-electron chi connectivity index (χ3n) is 20.2. The number of fused-ring (bicyclic) bond motifs is 7. The lowest BCUT2D eigenvalue weighted by Crippen LogP contribution is -2.62. The van der Waals surface area contributed by atoms with Gasteiger partial charge in [-0.1, -0.05) is 282 Å². The first-order chi connectivity index (χ1) is 44.4. The summed E-state index contributed by atoms with van der Waals surface area (Å²) in [6, 6.07) is 89.2. The maximum absolute atomic E-state index is 2.71. The molecule has 0 fully saturated rings. The van der Waals surface area contributed by atoms with E-state index in [2.05, 4.69) is 370 Å². The number of aromatic nitrogens is 1. The fourth-order valence-corrected chi connectivity index (χ4v) is 14.8. The topological polar surface area (TPSA) is 11.4 Å². The molecule has 0 aliphatic carbocycles. The summed E-state index contributed by atoms with van der Waals surface area (Å²) in [5.74, 6) is 0. The van der Waals surface area contributed by atoms with Gasteiger partial charge in [-0.25, -0.2) is 0 Å². The maximum Gasteiger partial charge on any atom is 0.252 e. The van der Waals surface area contributed by atoms with E-state index in [1.807, 2.05) is 0 Å². The second-order valence-corrected chi connectivity index (χ2v) is 33.2. The van der Waals surface area contributed by atoms with Crippen LogP contribution < -0.4 is 26.2 Å². The fraction of sp³-hybridized carbons (Fsp3) is 0.267. The van der Waals surface area contributed by atoms with E-state index in [9.17, 15) is 0 Å². The average molecular weight is 1230 g/mol. The van der Waals surface area contributed by atoms with Crippen LogP contribution in [-0.4, -0.2) is 11.3 Å². The number of nitrogens with zero attached hydrogens (tertiary/aromatic N) is 3. The Hall–Kier alpha value is -9.12. The summed E-state index contributed by atoms with van der Waals surface area (Å²) >= 11 is 0. The summed E-state index contributed by atoms with van der Waals surface area (Å²) in [6.07, 6.45) is 0. The molecule has 4 heteroatoms. The highest BCUT2D eigenvalue weighted by Crippen LogP contribution is 2.52. The van der Waals surface area contributed by atoms with Crippen molar-refractivity contribution in [1.29, 1.82) is 0 Å². The Morgan fingerprint density at radius 1 is 0.255 bits per heavy atom. The van der Waals surface area contributed by atoms with Gasteiger partial charge >= 0.3 is 0 Å². The number of rotatable bonds is 7. The predicted molar refractivity (Wildman–Crippen MR) is 409 cm³/mol. The third kappa shape index (κ3) is 11.0. The van der Waals surface area contributed by atoms with Gasteiger partial charge in [0.05, 0.1) is 16.7 Å². The van der Waals surface area contributed by atoms with Crippen LogP contribution in [-0.2, 0) is 32.5 Å². The highest BCUT2D eigenvalue weighted by molar-refractivity contribution is 7.00. The Kier molecular flexibility index (Phi) is 14.8. The summed E-state index contributed by atoms with van der Waals surface area (Å²) in [4.78, 5) is 5.43. The molecule has 0 bridgehead atoms. The van der Waals surface area contributed by atoms with Gasteiger partial charge in [0, 0.05) is 44.9 Å². The van der Waals surface area contributed by atoms with E-state index in [0.29, 0.717) is 0 Å². The zero-order chi connectivity index (χ0) is 66.3. The Labute approximate surface area is 561 Å². The van der Waals surface area contributed by atoms with Gasteiger partial charge in [0.2, 0.25) is 0 Å². The van der Waals surface area contributed by atoms with E-state index in [1.54, 1.807) is 0 Å². The van der Waals surface area contributed by atoms with Crippen molar-refractivity contribution in [2.75, 3.05) is 9.80 Å². The third-order valence-corrected chi connectivity index (χ3v) is 20.2. The van der Waals surface area contributed by atoms with Crippen LogP contribution in [0.4, 0.5) is 34.1 Å². The van der Waals surface area contributed by atoms with Crippen molar-refractivity contribution in [2.24, 2.45) is 0 Å². The molecule has 0 radical (unpaired) electrons. The fourth-order valence-electron chi connectivity index (χ4n) is 14.8. The van der Waals surface area contributed by atoms with Crippen LogP contribution in [0.1, 0.15) is 158 Å². The van der Waals surface area contributed by atoms with Crippen molar-refractivity contribution in [2.45, 2.75) is 157 Å². The van der Waals surface area contributed by atoms with Crippen molar-refractivity contribution >= 4 is 79.0 Å². The molecule has 0 atom stereocenters. The van der Waals surface area contributed by atoms with Crippen LogP contribution in [0.15, 0.2) is 231 Å². The Bertz CT molecular complexity index is 4560. The Morgan fingerprint density at radius 2 is 0.574 bits per heavy atom. The first-order valence-electron chi connectivity index (χ1n) is 34.2. The lowest BCUT2D eigenvalue weighted by Gasteiger charge is -2.46. The minimum Gasteiger partial charge on any atom is -0.311 e. The van der Waals surface area contributed by atoms with Gasteiger partial charge in [-0.3, -0.25) is 0 Å². The molecule has 0 unspecified atom stereocenters. The largest absolute Gasteiger partial charge is 0.311 e. The first kappa shape index (κ1) is 62.3. The van der Waals surface area contributed by atoms with Crippen molar-refractivity contribution in [3.05, 3.63) is 264 Å². The number of hydrogen-bond donors (Lipinski definition) is 0. The molecule has 0 spiro atoms. The van der Waals surface area contributed by atoms with E-state index in [1.165, 1.54) is 128 Å². The van der Waals surface area contributed by atoms with E-state index in [0.717, 1.165) is 28.1 Å². The SMILES string of the molecule is CC(C)(C)c1cc(N2c3cc(-c4ccccc4)c(C(C)(C)C)cc3B3c4cc(C(C)(C)C)c(-c5ccccc5)cc4N(c4cc(C(C)(C)C)cc(C(C)(C)C)c4)c4cc(-n5c6ccc(-c7ccccc7)cc6c6cc(-c7ccccc7)ccc65)cc2c43)cc(C(C)(C)C)c1. The van der Waals surface area contributed by atoms with Gasteiger partial charge in [0.15, 0.2) is 0 Å². The standard InChI is InChI=1S/C90H92BN3/c1-85(2,3)63-45-64(86(4,5)6)48-67(47-63)93-80-53-70(59-35-27-21-28-36-59)74(89(13,14)15)55-76(80)91-77-56-75(90(16,17)18)71(60-37-29-22-30-38-60)54-81(77)94(68-49-65(87(7,8)9)46-66(50-68)88(10,11)12)83-52-69(51-82(93)84(83)91)92-78-41-39-61(57-31-23-19-24-32-57)43-72(78)73-44-62(40-42-79(73)92)58-33-25-20-26-34-58/h19-56H,1-18H3. The summed E-state index contributed by atoms with van der Waals surface area (Å²) in [6.45, 7) is 42.8. The average Bonchev–Trinajstić information content (AvgIpc) is 0.781. The minimum atomic E-state index is -0.213. The van der Waals surface area contributed by atoms with Gasteiger partial charge in [0.1, 0.15) is 0 Å². The van der Waals surface area contributed by atoms with E-state index >= 15 is 0 Å². The van der Waals surface area contributed by atoms with Crippen LogP contribution in [0, 0.1) is 0 Å². The maximum atomic E-state index is 2.71. The number of benzene rings is 11. The molecule has 0 saturated heterocycles. The minimum absolute atomic E-state index is 0.150. The van der Waals surface area contributed by atoms with Crippen LogP contribution >= 0.6 is 0 Å². The molecular weight excluding hydrogens is 1130 g/mol. The summed E-state index contributed by atoms with van der Waals surface area (Å²) < 4.78 is 2.59. The lowest BCUT2D eigenvalue weighted by molar-refractivity contribution is 0.568. The molecule has 470 valence electrons. The van der Waals surface area contributed by atoms with Crippen molar-refractivity contribution < 1.29 is 0 Å². The molecule has 3 heterocycles. The highest BCUT2D eigenvalue weighted by atomic mass is 15.2. The first-order valence-corrected chi connectivity index (χ1v) is 34.2. The van der Waals surface area contributed by atoms with Gasteiger partial charge in [-0.05, 0) is 200 Å². The van der Waals surface area contributed by atoms with Gasteiger partial charge < -0.3 is 14.4 Å². The Balaban J connectivity index is 1.21. The molecule has 14 rings (SSSR count). The number of anilines is 6. The van der Waals surface area contributed by atoms with Gasteiger partial charge in [0.25, 0.3) is 6.71 Å². The summed E-state index contributed by atoms with van der Waals surface area (Å²) in [7, 11) is 0. The highest BCUT2D eigenvalue weighted by Gasteiger charge is 2.47. The molecule has 2 aliphatic rings. The van der Waals surface area contributed by atoms with Crippen LogP contribution in [0.25, 0.3) is 72.0 Å². The zero-order valence-corrected chi connectivity index (χ0v) is 58.9. The van der Waals surface area contributed by atoms with Gasteiger partial charge in [-0.2, -0.15) is 0 Å². The normalized spacial score (nSPS) is 13.6. The second-order valence-electron chi connectivity index (χ2n) is 33.2. The van der Waals surface area contributed by atoms with E-state index in [4.69, 9.17) is 0 Å². The molecular formula is C90H92BN3. The zero-order valence-electron chi connectivity index (χ0n) is 58.9. The van der Waals surface area contributed by atoms with E-state index in [-0.39, 0.29) is 39.2 Å². The van der Waals surface area contributed by atoms with Crippen LogP contribution in [0.5, 0.6) is 0 Å². The van der Waals surface area contributed by atoms with Crippen molar-refractivity contribution in [3.63, 3.8) is 0 Å². The summed E-state index contributed by atoms with van der Waals surface area (Å²) in [5.41, 5.74) is 31.1. The smallest absolute Gasteiger partial charge is 0.252 e. The predicted octanol–water partition coefficient (Wildman–Crippen LogP) is 23.3. The van der Waals surface area contributed by atoms with Crippen molar-refractivity contribution in [1.82, 2.24) is 4.57 Å². The van der Waals surface area contributed by atoms with Crippen LogP contribution in [0.2, 0.25) is 0 Å². The molecule has 12 aromatic rings. The molecule has 11 aromatic carbocycles. The lowest BCUT2D eigenvalue weighted by atomic mass is 9.33. The quantitative estimate of drug-likeness (QED) is 0.147. The molecule has 2 aliphatic heterocycles. The molecule has 0 amide bonds. The van der Waals surface area contributed by atoms with Crippen LogP contribution in [0.3, 0.4) is 0 Å². The second kappa shape index (κ2) is 22.3. The number of hydrogen-bond acceptors (Lipinski definition) is 2. The van der Waals surface area contributed by atoms with Gasteiger partial charge in [-0.15, -0.1) is 0 Å². The molecule has 0 N–H and O–H groups in total. The molecule has 3 nitrogen and oxygen atoms in total. The Morgan fingerprint density at radius 3 is 0.883 bits per heavy atom.